The van der Waals surface area contributed by atoms with Crippen LogP contribution in [0.1, 0.15) is 72.0 Å². The molecule has 18 nitrogen and oxygen atoms in total. The van der Waals surface area contributed by atoms with Crippen molar-refractivity contribution in [3.05, 3.63) is 113 Å². The van der Waals surface area contributed by atoms with Crippen LogP contribution in [0.4, 0.5) is 21.9 Å². The van der Waals surface area contributed by atoms with E-state index in [1.807, 2.05) is 38.1 Å². The number of fused-ring (bicyclic) bond motifs is 1. The zero-order chi connectivity index (χ0) is 48.0. The molecule has 0 fully saturated rings. The fraction of sp³-hybridized carbons (Fsp3) is 0.327. The summed E-state index contributed by atoms with van der Waals surface area (Å²) in [4.78, 5) is 85.3. The number of amides is 5. The molecule has 1 unspecified atom stereocenters. The van der Waals surface area contributed by atoms with Crippen molar-refractivity contribution in [2.75, 3.05) is 62.4 Å². The second-order valence-electron chi connectivity index (χ2n) is 15.8. The minimum absolute atomic E-state index is 0.00941. The van der Waals surface area contributed by atoms with E-state index in [-0.39, 0.29) is 44.4 Å². The van der Waals surface area contributed by atoms with Crippen molar-refractivity contribution in [3.8, 4) is 16.9 Å². The van der Waals surface area contributed by atoms with Gasteiger partial charge in [0.05, 0.1) is 37.4 Å². The average molecular weight is 916 g/mol. The number of aromatic amines is 2. The Morgan fingerprint density at radius 3 is 2.37 bits per heavy atom. The summed E-state index contributed by atoms with van der Waals surface area (Å²) in [7, 11) is 1.55. The highest BCUT2D eigenvalue weighted by Gasteiger charge is 2.27. The molecule has 5 aromatic rings. The van der Waals surface area contributed by atoms with E-state index in [9.17, 15) is 28.8 Å². The van der Waals surface area contributed by atoms with E-state index in [1.165, 1.54) is 11.8 Å². The van der Waals surface area contributed by atoms with Crippen LogP contribution in [0.25, 0.3) is 22.8 Å². The molecule has 0 bridgehead atoms. The van der Waals surface area contributed by atoms with Gasteiger partial charge in [0, 0.05) is 71.8 Å². The largest absolute Gasteiger partial charge is 0.497 e. The van der Waals surface area contributed by atoms with Gasteiger partial charge in [0.2, 0.25) is 5.91 Å². The van der Waals surface area contributed by atoms with Gasteiger partial charge in [-0.25, -0.2) is 9.59 Å². The summed E-state index contributed by atoms with van der Waals surface area (Å²) >= 11 is 0. The average Bonchev–Trinajstić information content (AvgIpc) is 4.04. The molecule has 67 heavy (non-hydrogen) atoms. The molecular weight excluding hydrogens is 859 g/mol. The molecule has 18 heteroatoms. The summed E-state index contributed by atoms with van der Waals surface area (Å²) in [5, 5.41) is 18.2. The Balaban J connectivity index is 0.986. The summed E-state index contributed by atoms with van der Waals surface area (Å²) in [5.74, 6) is -2.03. The Morgan fingerprint density at radius 1 is 0.896 bits per heavy atom. The van der Waals surface area contributed by atoms with Gasteiger partial charge in [-0.2, -0.15) is 5.10 Å². The summed E-state index contributed by atoms with van der Waals surface area (Å²) < 4.78 is 16.0. The predicted octanol–water partition coefficient (Wildman–Crippen LogP) is 6.52. The first kappa shape index (κ1) is 48.7. The van der Waals surface area contributed by atoms with Crippen molar-refractivity contribution >= 4 is 64.4 Å². The number of hydrogen-bond acceptors (Lipinski definition) is 11. The van der Waals surface area contributed by atoms with Crippen LogP contribution >= 0.6 is 0 Å². The maximum atomic E-state index is 13.5. The molecule has 0 spiro atoms. The lowest BCUT2D eigenvalue weighted by Crippen LogP contribution is -2.38. The van der Waals surface area contributed by atoms with Gasteiger partial charge in [0.25, 0.3) is 11.8 Å². The number of aryl methyl sites for hydroxylation is 1. The smallest absolute Gasteiger partial charge is 0.347 e. The Kier molecular flexibility index (Phi) is 16.7. The number of carbonyl (C=O) groups is 6. The number of rotatable bonds is 21. The van der Waals surface area contributed by atoms with E-state index < -0.39 is 30.0 Å². The number of carbonyl (C=O) groups excluding carboxylic acids is 6. The van der Waals surface area contributed by atoms with Crippen LogP contribution in [-0.2, 0) is 35.2 Å². The lowest BCUT2D eigenvalue weighted by molar-refractivity contribution is -0.166. The highest BCUT2D eigenvalue weighted by molar-refractivity contribution is 6.35. The standard InChI is InChI=1S/C49H57N9O9/c1-7-57(8-2)21-20-50-47(62)45-30(3)42(53-31(45)4)26-40-39-25-37(16-17-41(39)56-46(40)61)54-43(59)18-19-44(60)67-32(5)48(63)66-23-22-58(29-33-10-9-11-38(24-33)65-6)49(64)55-36-14-12-34(13-15-36)35-27-51-52-28-35/h9-17,24-28,32,53H,7-8,18-23,29H2,1-6H3,(H,50,62)(H,51,52)(H,54,59)(H,55,64)(H,56,61)/b40-26-. The molecular formula is C49H57N9O9. The molecule has 0 aliphatic carbocycles. The van der Waals surface area contributed by atoms with E-state index in [2.05, 4.69) is 55.2 Å². The number of anilines is 3. The van der Waals surface area contributed by atoms with E-state index >= 15 is 0 Å². The summed E-state index contributed by atoms with van der Waals surface area (Å²) in [5.41, 5.74) is 7.48. The van der Waals surface area contributed by atoms with Gasteiger partial charge in [-0.15, -0.1) is 0 Å². The van der Waals surface area contributed by atoms with Gasteiger partial charge in [0.1, 0.15) is 12.4 Å². The fourth-order valence-corrected chi connectivity index (χ4v) is 7.49. The third kappa shape index (κ3) is 13.0. The van der Waals surface area contributed by atoms with Crippen LogP contribution in [0.3, 0.4) is 0 Å². The molecule has 3 aromatic carbocycles. The van der Waals surface area contributed by atoms with E-state index in [0.717, 1.165) is 36.3 Å². The first-order chi connectivity index (χ1) is 32.3. The van der Waals surface area contributed by atoms with Gasteiger partial charge in [-0.1, -0.05) is 38.1 Å². The number of methoxy groups -OCH3 is 1. The minimum atomic E-state index is -1.29. The molecule has 0 radical (unpaired) electrons. The van der Waals surface area contributed by atoms with Gasteiger partial charge < -0.3 is 50.3 Å². The van der Waals surface area contributed by atoms with E-state index in [1.54, 1.807) is 68.0 Å². The number of hydrogen-bond donors (Lipinski definition) is 6. The molecule has 1 aliphatic rings. The monoisotopic (exact) mass is 915 g/mol. The van der Waals surface area contributed by atoms with Crippen LogP contribution in [0.15, 0.2) is 79.1 Å². The van der Waals surface area contributed by atoms with Gasteiger partial charge >= 0.3 is 18.0 Å². The normalized spacial score (nSPS) is 12.8. The van der Waals surface area contributed by atoms with Crippen molar-refractivity contribution in [2.24, 2.45) is 0 Å². The lowest BCUT2D eigenvalue weighted by Gasteiger charge is -2.24. The molecule has 3 heterocycles. The van der Waals surface area contributed by atoms with Crippen molar-refractivity contribution in [1.29, 1.82) is 0 Å². The quantitative estimate of drug-likeness (QED) is 0.0343. The van der Waals surface area contributed by atoms with Crippen LogP contribution in [0.5, 0.6) is 5.75 Å². The summed E-state index contributed by atoms with van der Waals surface area (Å²) in [6.07, 6.45) is 3.29. The maximum Gasteiger partial charge on any atom is 0.347 e. The summed E-state index contributed by atoms with van der Waals surface area (Å²) in [6.45, 7) is 12.1. The highest BCUT2D eigenvalue weighted by atomic mass is 16.6. The zero-order valence-corrected chi connectivity index (χ0v) is 38.5. The predicted molar refractivity (Wildman–Crippen MR) is 254 cm³/mol. The van der Waals surface area contributed by atoms with E-state index in [0.29, 0.717) is 63.0 Å². The van der Waals surface area contributed by atoms with Crippen molar-refractivity contribution in [1.82, 2.24) is 30.3 Å². The number of urea groups is 1. The van der Waals surface area contributed by atoms with Crippen LogP contribution < -0.4 is 26.0 Å². The number of benzene rings is 3. The van der Waals surface area contributed by atoms with Crippen molar-refractivity contribution < 1.29 is 43.0 Å². The SMILES string of the molecule is CCN(CC)CCNC(=O)c1c(C)[nH]c(/C=C2\C(=O)Nc3ccc(NC(=O)CCC(=O)OC(C)C(=O)OCCN(Cc4cccc(OC)c4)C(=O)Nc4ccc(-c5cn[nH]c5)cc4)cc32)c1C. The van der Waals surface area contributed by atoms with Gasteiger partial charge in [0.15, 0.2) is 6.10 Å². The number of H-pyrrole nitrogens is 2. The minimum Gasteiger partial charge on any atom is -0.497 e. The maximum absolute atomic E-state index is 13.5. The highest BCUT2D eigenvalue weighted by Crippen LogP contribution is 2.36. The number of nitrogens with zero attached hydrogens (tertiary/aromatic N) is 3. The van der Waals surface area contributed by atoms with Crippen molar-refractivity contribution in [2.45, 2.75) is 60.1 Å². The Labute approximate surface area is 388 Å². The van der Waals surface area contributed by atoms with Gasteiger partial charge in [-0.3, -0.25) is 24.3 Å². The molecule has 0 saturated carbocycles. The van der Waals surface area contributed by atoms with Gasteiger partial charge in [-0.05, 0) is 99.1 Å². The number of esters is 2. The molecule has 6 N–H and O–H groups in total. The third-order valence-corrected chi connectivity index (χ3v) is 11.3. The van der Waals surface area contributed by atoms with E-state index in [4.69, 9.17) is 14.2 Å². The number of aromatic nitrogens is 3. The molecule has 0 saturated heterocycles. The topological polar surface area (TPSA) is 229 Å². The van der Waals surface area contributed by atoms with Crippen LogP contribution in [0.2, 0.25) is 0 Å². The summed E-state index contributed by atoms with van der Waals surface area (Å²) in [6, 6.07) is 19.0. The second-order valence-corrected chi connectivity index (χ2v) is 15.8. The first-order valence-corrected chi connectivity index (χ1v) is 22.1. The zero-order valence-electron chi connectivity index (χ0n) is 38.5. The Morgan fingerprint density at radius 2 is 1.66 bits per heavy atom. The molecule has 5 amide bonds. The van der Waals surface area contributed by atoms with Crippen molar-refractivity contribution in [3.63, 3.8) is 0 Å². The van der Waals surface area contributed by atoms with Crippen LogP contribution in [-0.4, -0.2) is 113 Å². The second kappa shape index (κ2) is 22.9. The number of likely N-dealkylation sites (N-methyl/N-ethyl adjacent to an activating group) is 1. The molecule has 1 aliphatic heterocycles. The molecule has 2 aromatic heterocycles. The molecule has 352 valence electrons. The van der Waals surface area contributed by atoms with Crippen LogP contribution in [0, 0.1) is 13.8 Å². The Hall–Kier alpha value is -7.73. The third-order valence-electron chi connectivity index (χ3n) is 11.3. The number of ether oxygens (including phenoxy) is 3. The molecule has 6 rings (SSSR count). The lowest BCUT2D eigenvalue weighted by atomic mass is 10.0. The number of nitrogens with one attached hydrogen (secondary N) is 6. The Bertz CT molecular complexity index is 2600. The molecule has 1 atom stereocenters. The fourth-order valence-electron chi connectivity index (χ4n) is 7.49. The first-order valence-electron chi connectivity index (χ1n) is 22.1.